The van der Waals surface area contributed by atoms with Crippen LogP contribution in [0.3, 0.4) is 0 Å². The van der Waals surface area contributed by atoms with E-state index in [0.29, 0.717) is 0 Å². The summed E-state index contributed by atoms with van der Waals surface area (Å²) in [6, 6.07) is 70.6. The third-order valence-corrected chi connectivity index (χ3v) is 13.2. The maximum atomic E-state index is 2.53. The van der Waals surface area contributed by atoms with E-state index in [1.165, 1.54) is 89.6 Å². The zero-order valence-electron chi connectivity index (χ0n) is 33.8. The molecule has 2 heteroatoms. The molecule has 1 aliphatic carbocycles. The molecule has 0 aromatic heterocycles. The number of anilines is 6. The molecule has 2 nitrogen and oxygen atoms in total. The van der Waals surface area contributed by atoms with E-state index in [4.69, 9.17) is 0 Å². The summed E-state index contributed by atoms with van der Waals surface area (Å²) in [5.41, 5.74) is 20.7. The average Bonchev–Trinajstić information content (AvgIpc) is 3.49. The lowest BCUT2D eigenvalue weighted by atomic mass is 9.59. The second-order valence-electron chi connectivity index (χ2n) is 17.8. The molecule has 8 aromatic carbocycles. The summed E-state index contributed by atoms with van der Waals surface area (Å²) in [6.45, 7) is 11.7. The Labute approximate surface area is 342 Å². The molecule has 0 unspecified atom stereocenters. The molecule has 2 heterocycles. The SMILES string of the molecule is CC(C)(C)c1ccc2c(c1)C1(c3ccccc3N(c3ccc4c(c3)C(C)(C)c3ccccc3-4)c3ccccc31)c1ccccc1N2c1ccc(-c2ccccc2)cc1. The molecule has 0 saturated carbocycles. The van der Waals surface area contributed by atoms with E-state index in [0.717, 1.165) is 5.69 Å². The second kappa shape index (κ2) is 12.4. The molecule has 0 N–H and O–H groups in total. The summed E-state index contributed by atoms with van der Waals surface area (Å²) < 4.78 is 0. The highest BCUT2D eigenvalue weighted by Gasteiger charge is 2.52. The molecular weight excluding hydrogens is 701 g/mol. The van der Waals surface area contributed by atoms with Crippen molar-refractivity contribution in [1.29, 1.82) is 0 Å². The topological polar surface area (TPSA) is 6.48 Å². The van der Waals surface area contributed by atoms with Crippen LogP contribution in [0.25, 0.3) is 22.3 Å². The van der Waals surface area contributed by atoms with Crippen molar-refractivity contribution in [3.63, 3.8) is 0 Å². The Hall–Kier alpha value is -6.64. The summed E-state index contributed by atoms with van der Waals surface area (Å²) in [5.74, 6) is 0. The first-order chi connectivity index (χ1) is 28.2. The zero-order valence-corrected chi connectivity index (χ0v) is 33.8. The van der Waals surface area contributed by atoms with Gasteiger partial charge in [0.05, 0.1) is 28.2 Å². The molecule has 2 aliphatic heterocycles. The summed E-state index contributed by atoms with van der Waals surface area (Å²) in [6.07, 6.45) is 0. The van der Waals surface area contributed by atoms with Gasteiger partial charge in [-0.05, 0) is 115 Å². The third kappa shape index (κ3) is 4.78. The Kier molecular flexibility index (Phi) is 7.41. The highest BCUT2D eigenvalue weighted by atomic mass is 15.2. The normalized spacial score (nSPS) is 15.2. The third-order valence-electron chi connectivity index (χ3n) is 13.2. The van der Waals surface area contributed by atoms with Crippen molar-refractivity contribution in [3.05, 3.63) is 227 Å². The monoisotopic (exact) mass is 746 g/mol. The predicted molar refractivity (Wildman–Crippen MR) is 243 cm³/mol. The molecule has 0 radical (unpaired) electrons. The van der Waals surface area contributed by atoms with Crippen LogP contribution in [0.15, 0.2) is 188 Å². The van der Waals surface area contributed by atoms with Gasteiger partial charge in [-0.2, -0.15) is 0 Å². The molecule has 58 heavy (non-hydrogen) atoms. The molecule has 0 bridgehead atoms. The van der Waals surface area contributed by atoms with Crippen molar-refractivity contribution < 1.29 is 0 Å². The Morgan fingerprint density at radius 2 is 0.828 bits per heavy atom. The van der Waals surface area contributed by atoms with Gasteiger partial charge in [-0.3, -0.25) is 0 Å². The lowest BCUT2D eigenvalue weighted by molar-refractivity contribution is 0.586. The van der Waals surface area contributed by atoms with E-state index < -0.39 is 5.41 Å². The van der Waals surface area contributed by atoms with Crippen LogP contribution in [0.1, 0.15) is 73.6 Å². The minimum Gasteiger partial charge on any atom is -0.310 e. The zero-order chi connectivity index (χ0) is 39.4. The molecular formula is C56H46N2. The first-order valence-electron chi connectivity index (χ1n) is 20.6. The van der Waals surface area contributed by atoms with Crippen molar-refractivity contribution in [2.24, 2.45) is 0 Å². The van der Waals surface area contributed by atoms with E-state index >= 15 is 0 Å². The van der Waals surface area contributed by atoms with E-state index in [-0.39, 0.29) is 10.8 Å². The van der Waals surface area contributed by atoms with Crippen LogP contribution in [0.5, 0.6) is 0 Å². The highest BCUT2D eigenvalue weighted by Crippen LogP contribution is 2.64. The lowest BCUT2D eigenvalue weighted by Crippen LogP contribution is -2.42. The van der Waals surface area contributed by atoms with Gasteiger partial charge in [0.1, 0.15) is 0 Å². The minimum atomic E-state index is -0.594. The number of nitrogens with zero attached hydrogens (tertiary/aromatic N) is 2. The number of hydrogen-bond acceptors (Lipinski definition) is 2. The van der Waals surface area contributed by atoms with E-state index in [1.807, 2.05) is 0 Å². The Morgan fingerprint density at radius 3 is 1.43 bits per heavy atom. The molecule has 1 spiro atoms. The van der Waals surface area contributed by atoms with Gasteiger partial charge in [0.15, 0.2) is 0 Å². The highest BCUT2D eigenvalue weighted by molar-refractivity contribution is 5.97. The van der Waals surface area contributed by atoms with E-state index in [1.54, 1.807) is 0 Å². The molecule has 0 fully saturated rings. The van der Waals surface area contributed by atoms with Gasteiger partial charge in [-0.25, -0.2) is 0 Å². The van der Waals surface area contributed by atoms with Crippen molar-refractivity contribution in [2.45, 2.75) is 50.9 Å². The quantitative estimate of drug-likeness (QED) is 0.178. The summed E-state index contributed by atoms with van der Waals surface area (Å²) in [4.78, 5) is 5.02. The fraction of sp³-hybridized carbons (Fsp3) is 0.143. The first kappa shape index (κ1) is 34.6. The van der Waals surface area contributed by atoms with Crippen LogP contribution in [-0.2, 0) is 16.2 Å². The summed E-state index contributed by atoms with van der Waals surface area (Å²) in [5, 5.41) is 0. The van der Waals surface area contributed by atoms with Crippen LogP contribution in [0.2, 0.25) is 0 Å². The second-order valence-corrected chi connectivity index (χ2v) is 17.8. The van der Waals surface area contributed by atoms with Crippen LogP contribution in [-0.4, -0.2) is 0 Å². The van der Waals surface area contributed by atoms with Gasteiger partial charge in [0.25, 0.3) is 0 Å². The number of fused-ring (bicyclic) bond motifs is 11. The number of benzene rings is 8. The van der Waals surface area contributed by atoms with Crippen molar-refractivity contribution in [1.82, 2.24) is 0 Å². The van der Waals surface area contributed by atoms with E-state index in [2.05, 4.69) is 232 Å². The van der Waals surface area contributed by atoms with E-state index in [9.17, 15) is 0 Å². The molecule has 0 saturated heterocycles. The fourth-order valence-electron chi connectivity index (χ4n) is 10.4. The van der Waals surface area contributed by atoms with Gasteiger partial charge in [-0.15, -0.1) is 0 Å². The summed E-state index contributed by atoms with van der Waals surface area (Å²) >= 11 is 0. The Bertz CT molecular complexity index is 2860. The smallest absolute Gasteiger partial charge is 0.0783 e. The Balaban J connectivity index is 1.17. The van der Waals surface area contributed by atoms with Gasteiger partial charge in [0.2, 0.25) is 0 Å². The fourth-order valence-corrected chi connectivity index (χ4v) is 10.4. The van der Waals surface area contributed by atoms with Gasteiger partial charge >= 0.3 is 0 Å². The molecule has 280 valence electrons. The van der Waals surface area contributed by atoms with Crippen molar-refractivity contribution in [3.8, 4) is 22.3 Å². The number of rotatable bonds is 3. The van der Waals surface area contributed by atoms with Crippen molar-refractivity contribution >= 4 is 34.1 Å². The number of hydrogen-bond donors (Lipinski definition) is 0. The average molecular weight is 747 g/mol. The van der Waals surface area contributed by atoms with Gasteiger partial charge in [-0.1, -0.05) is 174 Å². The molecule has 0 amide bonds. The largest absolute Gasteiger partial charge is 0.310 e. The maximum Gasteiger partial charge on any atom is 0.0783 e. The van der Waals surface area contributed by atoms with Crippen LogP contribution < -0.4 is 9.80 Å². The maximum absolute atomic E-state index is 2.53. The van der Waals surface area contributed by atoms with Gasteiger partial charge in [0, 0.05) is 16.8 Å². The molecule has 8 aromatic rings. The van der Waals surface area contributed by atoms with Crippen LogP contribution in [0.4, 0.5) is 34.1 Å². The van der Waals surface area contributed by atoms with Gasteiger partial charge < -0.3 is 9.80 Å². The lowest BCUT2D eigenvalue weighted by Gasteiger charge is -2.51. The van der Waals surface area contributed by atoms with Crippen LogP contribution >= 0.6 is 0 Å². The van der Waals surface area contributed by atoms with Crippen molar-refractivity contribution in [2.75, 3.05) is 9.80 Å². The molecule has 11 rings (SSSR count). The van der Waals surface area contributed by atoms with Crippen LogP contribution in [0, 0.1) is 0 Å². The molecule has 3 aliphatic rings. The molecule has 0 atom stereocenters. The first-order valence-corrected chi connectivity index (χ1v) is 20.6. The summed E-state index contributed by atoms with van der Waals surface area (Å²) in [7, 11) is 0. The standard InChI is InChI=1S/C56H46N2/c1-54(2,3)39-29-34-53-49(35-39)56(45-21-11-14-24-50(45)57(53)40-30-27-38(28-31-40)37-17-7-6-8-18-37)46-22-12-15-25-51(46)58(52-26-16-13-23-47(52)56)41-32-33-43-42-19-9-10-20-44(42)55(4,5)48(43)36-41/h6-36H,1-5H3. The predicted octanol–water partition coefficient (Wildman–Crippen LogP) is 14.9. The minimum absolute atomic E-state index is 0.0517. The Morgan fingerprint density at radius 1 is 0.362 bits per heavy atom. The number of para-hydroxylation sites is 3.